The fourth-order valence-electron chi connectivity index (χ4n) is 2.99. The van der Waals surface area contributed by atoms with Gasteiger partial charge in [0.25, 0.3) is 0 Å². The average Bonchev–Trinajstić information content (AvgIpc) is 2.86. The minimum atomic E-state index is 0.699. The summed E-state index contributed by atoms with van der Waals surface area (Å²) in [5.41, 5.74) is 1.44. The van der Waals surface area contributed by atoms with Gasteiger partial charge in [-0.2, -0.15) is 0 Å². The quantitative estimate of drug-likeness (QED) is 0.860. The van der Waals surface area contributed by atoms with Crippen molar-refractivity contribution in [2.75, 3.05) is 7.05 Å². The van der Waals surface area contributed by atoms with Crippen molar-refractivity contribution >= 4 is 15.9 Å². The van der Waals surface area contributed by atoms with Crippen LogP contribution in [-0.4, -0.2) is 13.1 Å². The van der Waals surface area contributed by atoms with Crippen LogP contribution in [0.1, 0.15) is 37.7 Å². The number of rotatable bonds is 5. The highest BCUT2D eigenvalue weighted by atomic mass is 79.9. The summed E-state index contributed by atoms with van der Waals surface area (Å²) in [5, 5.41) is 3.52. The Morgan fingerprint density at radius 2 is 2.00 bits per heavy atom. The van der Waals surface area contributed by atoms with Crippen molar-refractivity contribution in [1.29, 1.82) is 0 Å². The Hall–Kier alpha value is -0.340. The largest absolute Gasteiger partial charge is 0.317 e. The lowest BCUT2D eigenvalue weighted by Crippen LogP contribution is -2.32. The molecule has 1 fully saturated rings. The average molecular weight is 296 g/mol. The minimum Gasteiger partial charge on any atom is -0.317 e. The van der Waals surface area contributed by atoms with Gasteiger partial charge in [-0.05, 0) is 50.3 Å². The van der Waals surface area contributed by atoms with Gasteiger partial charge in [0.1, 0.15) is 0 Å². The lowest BCUT2D eigenvalue weighted by atomic mass is 9.93. The molecule has 1 saturated carbocycles. The predicted molar refractivity (Wildman–Crippen MR) is 77.3 cm³/mol. The molecule has 0 spiro atoms. The Balaban J connectivity index is 1.89. The zero-order chi connectivity index (χ0) is 12.1. The van der Waals surface area contributed by atoms with Gasteiger partial charge in [0, 0.05) is 10.5 Å². The second kappa shape index (κ2) is 6.55. The van der Waals surface area contributed by atoms with Crippen molar-refractivity contribution in [2.24, 2.45) is 5.92 Å². The van der Waals surface area contributed by atoms with E-state index in [9.17, 15) is 0 Å². The van der Waals surface area contributed by atoms with Crippen LogP contribution in [-0.2, 0) is 6.42 Å². The van der Waals surface area contributed by atoms with Gasteiger partial charge in [0.05, 0.1) is 0 Å². The summed E-state index contributed by atoms with van der Waals surface area (Å²) in [4.78, 5) is 0. The summed E-state index contributed by atoms with van der Waals surface area (Å²) in [6, 6.07) is 9.28. The third kappa shape index (κ3) is 3.56. The maximum absolute atomic E-state index is 3.63. The van der Waals surface area contributed by atoms with Crippen LogP contribution in [0.2, 0.25) is 0 Å². The Bertz CT molecular complexity index is 345. The number of nitrogens with one attached hydrogen (secondary N) is 1. The number of aryl methyl sites for hydroxylation is 1. The smallest absolute Gasteiger partial charge is 0.0207 e. The van der Waals surface area contributed by atoms with Crippen LogP contribution in [0.5, 0.6) is 0 Å². The fourth-order valence-corrected chi connectivity index (χ4v) is 3.47. The van der Waals surface area contributed by atoms with Crippen LogP contribution in [0.15, 0.2) is 28.7 Å². The molecule has 1 aromatic rings. The SMILES string of the molecule is CNC(CCc1ccccc1Br)C1CCCC1. The van der Waals surface area contributed by atoms with Crippen molar-refractivity contribution in [2.45, 2.75) is 44.6 Å². The second-order valence-corrected chi connectivity index (χ2v) is 5.92. The minimum absolute atomic E-state index is 0.699. The Morgan fingerprint density at radius 1 is 1.29 bits per heavy atom. The van der Waals surface area contributed by atoms with E-state index in [2.05, 4.69) is 52.6 Å². The first-order valence-corrected chi connectivity index (χ1v) is 7.51. The van der Waals surface area contributed by atoms with E-state index in [0.717, 1.165) is 5.92 Å². The molecule has 17 heavy (non-hydrogen) atoms. The van der Waals surface area contributed by atoms with Gasteiger partial charge in [0.2, 0.25) is 0 Å². The molecule has 2 heteroatoms. The molecule has 0 heterocycles. The van der Waals surface area contributed by atoms with E-state index >= 15 is 0 Å². The normalized spacial score (nSPS) is 18.5. The number of benzene rings is 1. The van der Waals surface area contributed by atoms with Gasteiger partial charge >= 0.3 is 0 Å². The van der Waals surface area contributed by atoms with E-state index in [-0.39, 0.29) is 0 Å². The molecule has 1 N–H and O–H groups in total. The third-order valence-corrected chi connectivity index (χ3v) is 4.80. The van der Waals surface area contributed by atoms with Crippen LogP contribution in [0.3, 0.4) is 0 Å². The van der Waals surface area contributed by atoms with Crippen molar-refractivity contribution in [3.63, 3.8) is 0 Å². The fraction of sp³-hybridized carbons (Fsp3) is 0.600. The molecule has 1 nitrogen and oxygen atoms in total. The second-order valence-electron chi connectivity index (χ2n) is 5.07. The summed E-state index contributed by atoms with van der Waals surface area (Å²) in [7, 11) is 2.11. The first kappa shape index (κ1) is 13.1. The Morgan fingerprint density at radius 3 is 2.65 bits per heavy atom. The van der Waals surface area contributed by atoms with Crippen LogP contribution in [0.25, 0.3) is 0 Å². The summed E-state index contributed by atoms with van der Waals surface area (Å²) < 4.78 is 1.25. The third-order valence-electron chi connectivity index (χ3n) is 4.02. The van der Waals surface area contributed by atoms with Gasteiger partial charge in [0.15, 0.2) is 0 Å². The first-order chi connectivity index (χ1) is 8.31. The van der Waals surface area contributed by atoms with E-state index < -0.39 is 0 Å². The standard InChI is InChI=1S/C15H22BrN/c1-17-15(13-7-2-3-8-13)11-10-12-6-4-5-9-14(12)16/h4-6,9,13,15,17H,2-3,7-8,10-11H2,1H3. The summed E-state index contributed by atoms with van der Waals surface area (Å²) in [6.45, 7) is 0. The van der Waals surface area contributed by atoms with Gasteiger partial charge in [-0.3, -0.25) is 0 Å². The maximum Gasteiger partial charge on any atom is 0.0207 e. The Labute approximate surface area is 113 Å². The van der Waals surface area contributed by atoms with E-state index in [1.807, 2.05) is 0 Å². The van der Waals surface area contributed by atoms with Crippen LogP contribution in [0.4, 0.5) is 0 Å². The molecule has 2 rings (SSSR count). The van der Waals surface area contributed by atoms with Crippen LogP contribution < -0.4 is 5.32 Å². The lowest BCUT2D eigenvalue weighted by molar-refractivity contribution is 0.360. The first-order valence-electron chi connectivity index (χ1n) is 6.72. The molecule has 1 aliphatic rings. The molecule has 94 valence electrons. The van der Waals surface area contributed by atoms with Crippen molar-refractivity contribution in [1.82, 2.24) is 5.32 Å². The predicted octanol–water partition coefficient (Wildman–Crippen LogP) is 4.16. The van der Waals surface area contributed by atoms with Crippen molar-refractivity contribution in [3.8, 4) is 0 Å². The Kier molecular flexibility index (Phi) is 5.05. The molecule has 0 saturated heterocycles. The number of halogens is 1. The topological polar surface area (TPSA) is 12.0 Å². The summed E-state index contributed by atoms with van der Waals surface area (Å²) >= 11 is 3.63. The molecule has 1 atom stereocenters. The van der Waals surface area contributed by atoms with E-state index in [1.165, 1.54) is 48.6 Å². The number of hydrogen-bond acceptors (Lipinski definition) is 1. The van der Waals surface area contributed by atoms with Crippen molar-refractivity contribution < 1.29 is 0 Å². The van der Waals surface area contributed by atoms with Gasteiger partial charge < -0.3 is 5.32 Å². The highest BCUT2D eigenvalue weighted by Gasteiger charge is 2.23. The van der Waals surface area contributed by atoms with Gasteiger partial charge in [-0.1, -0.05) is 47.0 Å². The molecule has 0 amide bonds. The van der Waals surface area contributed by atoms with Crippen LogP contribution >= 0.6 is 15.9 Å². The lowest BCUT2D eigenvalue weighted by Gasteiger charge is -2.23. The molecule has 1 unspecified atom stereocenters. The van der Waals surface area contributed by atoms with Gasteiger partial charge in [-0.25, -0.2) is 0 Å². The summed E-state index contributed by atoms with van der Waals surface area (Å²) in [6.07, 6.45) is 8.12. The molecule has 0 aliphatic heterocycles. The molecule has 1 aromatic carbocycles. The molecule has 0 bridgehead atoms. The van der Waals surface area contributed by atoms with Gasteiger partial charge in [-0.15, -0.1) is 0 Å². The van der Waals surface area contributed by atoms with E-state index in [0.29, 0.717) is 6.04 Å². The molecular formula is C15H22BrN. The number of hydrogen-bond donors (Lipinski definition) is 1. The molecule has 1 aliphatic carbocycles. The van der Waals surface area contributed by atoms with E-state index in [4.69, 9.17) is 0 Å². The zero-order valence-corrected chi connectivity index (χ0v) is 12.2. The highest BCUT2D eigenvalue weighted by molar-refractivity contribution is 9.10. The molecule has 0 radical (unpaired) electrons. The molecule has 0 aromatic heterocycles. The monoisotopic (exact) mass is 295 g/mol. The van der Waals surface area contributed by atoms with E-state index in [1.54, 1.807) is 0 Å². The summed E-state index contributed by atoms with van der Waals surface area (Å²) in [5.74, 6) is 0.905. The molecular weight excluding hydrogens is 274 g/mol. The highest BCUT2D eigenvalue weighted by Crippen LogP contribution is 2.30. The maximum atomic E-state index is 3.63. The zero-order valence-electron chi connectivity index (χ0n) is 10.6. The van der Waals surface area contributed by atoms with Crippen LogP contribution in [0, 0.1) is 5.92 Å². The van der Waals surface area contributed by atoms with Crippen molar-refractivity contribution in [3.05, 3.63) is 34.3 Å².